The standard InChI is InChI=1S/C23H26N4O3/c1-5-29-18-11-12-19-20(14-24)22(26(15(3)4)21(19)13-18)16-7-9-17(10-8-16)27(25)23(28)30-6-2/h7-13,15H,5-6,25H2,1-4H3. The summed E-state index contributed by atoms with van der Waals surface area (Å²) in [7, 11) is 0. The molecule has 0 saturated carbocycles. The number of nitrogens with zero attached hydrogens (tertiary/aromatic N) is 3. The molecule has 0 aliphatic carbocycles. The van der Waals surface area contributed by atoms with Crippen LogP contribution in [0.3, 0.4) is 0 Å². The van der Waals surface area contributed by atoms with E-state index in [9.17, 15) is 10.1 Å². The monoisotopic (exact) mass is 406 g/mol. The summed E-state index contributed by atoms with van der Waals surface area (Å²) in [4.78, 5) is 11.9. The molecule has 0 atom stereocenters. The number of carbonyl (C=O) groups excluding carboxylic acids is 1. The summed E-state index contributed by atoms with van der Waals surface area (Å²) in [6, 6.07) is 15.4. The van der Waals surface area contributed by atoms with Crippen LogP contribution in [0.15, 0.2) is 42.5 Å². The molecule has 7 heteroatoms. The van der Waals surface area contributed by atoms with E-state index in [2.05, 4.69) is 24.5 Å². The molecule has 0 bridgehead atoms. The number of nitriles is 1. The van der Waals surface area contributed by atoms with Gasteiger partial charge in [-0.15, -0.1) is 0 Å². The summed E-state index contributed by atoms with van der Waals surface area (Å²) < 4.78 is 12.7. The van der Waals surface area contributed by atoms with Gasteiger partial charge in [-0.2, -0.15) is 5.26 Å². The number of anilines is 1. The zero-order valence-corrected chi connectivity index (χ0v) is 17.7. The van der Waals surface area contributed by atoms with Gasteiger partial charge in [-0.05, 0) is 57.5 Å². The predicted octanol–water partition coefficient (Wildman–Crippen LogP) is 5.00. The molecule has 0 radical (unpaired) electrons. The van der Waals surface area contributed by atoms with Crippen LogP contribution in [0.2, 0.25) is 0 Å². The van der Waals surface area contributed by atoms with Crippen LogP contribution in [-0.2, 0) is 4.74 Å². The van der Waals surface area contributed by atoms with Gasteiger partial charge < -0.3 is 14.0 Å². The zero-order valence-electron chi connectivity index (χ0n) is 17.7. The van der Waals surface area contributed by atoms with E-state index in [-0.39, 0.29) is 12.6 Å². The van der Waals surface area contributed by atoms with E-state index >= 15 is 0 Å². The van der Waals surface area contributed by atoms with Gasteiger partial charge in [0.05, 0.1) is 35.7 Å². The van der Waals surface area contributed by atoms with Gasteiger partial charge in [-0.1, -0.05) is 12.1 Å². The average molecular weight is 406 g/mol. The third-order valence-corrected chi connectivity index (χ3v) is 4.80. The van der Waals surface area contributed by atoms with Crippen LogP contribution < -0.4 is 15.6 Å². The molecule has 1 amide bonds. The number of fused-ring (bicyclic) bond motifs is 1. The quantitative estimate of drug-likeness (QED) is 0.353. The second kappa shape index (κ2) is 8.89. The van der Waals surface area contributed by atoms with Crippen molar-refractivity contribution < 1.29 is 14.3 Å². The number of amides is 1. The maximum Gasteiger partial charge on any atom is 0.428 e. The fourth-order valence-corrected chi connectivity index (χ4v) is 3.56. The first-order chi connectivity index (χ1) is 14.4. The second-order valence-electron chi connectivity index (χ2n) is 7.03. The van der Waals surface area contributed by atoms with Crippen molar-refractivity contribution in [3.8, 4) is 23.1 Å². The Bertz CT molecular complexity index is 1090. The van der Waals surface area contributed by atoms with E-state index in [0.717, 1.165) is 32.9 Å². The lowest BCUT2D eigenvalue weighted by molar-refractivity contribution is 0.160. The highest BCUT2D eigenvalue weighted by Gasteiger charge is 2.21. The van der Waals surface area contributed by atoms with E-state index in [4.69, 9.17) is 15.3 Å². The van der Waals surface area contributed by atoms with Crippen LogP contribution in [0.5, 0.6) is 5.75 Å². The molecule has 0 saturated heterocycles. The number of ether oxygens (including phenoxy) is 2. The van der Waals surface area contributed by atoms with Crippen LogP contribution in [0.1, 0.15) is 39.3 Å². The molecule has 3 aromatic rings. The van der Waals surface area contributed by atoms with Gasteiger partial charge in [-0.25, -0.2) is 15.6 Å². The van der Waals surface area contributed by atoms with Crippen molar-refractivity contribution in [1.29, 1.82) is 5.26 Å². The normalized spacial score (nSPS) is 10.8. The average Bonchev–Trinajstić information content (AvgIpc) is 3.07. The van der Waals surface area contributed by atoms with E-state index in [0.29, 0.717) is 17.9 Å². The molecule has 0 aliphatic heterocycles. The largest absolute Gasteiger partial charge is 0.494 e. The minimum Gasteiger partial charge on any atom is -0.494 e. The molecule has 3 rings (SSSR count). The Balaban J connectivity index is 2.14. The van der Waals surface area contributed by atoms with Crippen LogP contribution in [-0.4, -0.2) is 23.9 Å². The lowest BCUT2D eigenvalue weighted by Gasteiger charge is -2.18. The van der Waals surface area contributed by atoms with Crippen LogP contribution in [0.25, 0.3) is 22.2 Å². The highest BCUT2D eigenvalue weighted by atomic mass is 16.6. The highest BCUT2D eigenvalue weighted by Crippen LogP contribution is 2.38. The van der Waals surface area contributed by atoms with E-state index in [1.54, 1.807) is 19.1 Å². The van der Waals surface area contributed by atoms with Gasteiger partial charge in [-0.3, -0.25) is 0 Å². The summed E-state index contributed by atoms with van der Waals surface area (Å²) in [5, 5.41) is 11.8. The Kier molecular flexibility index (Phi) is 6.28. The molecule has 0 unspecified atom stereocenters. The minimum absolute atomic E-state index is 0.117. The third-order valence-electron chi connectivity index (χ3n) is 4.80. The minimum atomic E-state index is -0.622. The van der Waals surface area contributed by atoms with E-state index < -0.39 is 6.09 Å². The third kappa shape index (κ3) is 3.82. The maximum absolute atomic E-state index is 11.9. The van der Waals surface area contributed by atoms with Crippen molar-refractivity contribution >= 4 is 22.7 Å². The van der Waals surface area contributed by atoms with Gasteiger partial charge in [0.15, 0.2) is 0 Å². The van der Waals surface area contributed by atoms with Crippen LogP contribution >= 0.6 is 0 Å². The molecule has 156 valence electrons. The van der Waals surface area contributed by atoms with Gasteiger partial charge in [0.2, 0.25) is 0 Å². The van der Waals surface area contributed by atoms with Crippen molar-refractivity contribution in [2.45, 2.75) is 33.7 Å². The number of aromatic nitrogens is 1. The van der Waals surface area contributed by atoms with E-state index in [1.165, 1.54) is 0 Å². The SMILES string of the molecule is CCOC(=O)N(N)c1ccc(-c2c(C#N)c3ccc(OCC)cc3n2C(C)C)cc1. The van der Waals surface area contributed by atoms with Crippen molar-refractivity contribution in [3.63, 3.8) is 0 Å². The van der Waals surface area contributed by atoms with Crippen LogP contribution in [0, 0.1) is 11.3 Å². The number of hydrogen-bond acceptors (Lipinski definition) is 5. The molecule has 1 aromatic heterocycles. The fourth-order valence-electron chi connectivity index (χ4n) is 3.56. The molecule has 0 spiro atoms. The summed E-state index contributed by atoms with van der Waals surface area (Å²) in [5.74, 6) is 6.61. The Hall–Kier alpha value is -3.50. The number of benzene rings is 2. The number of nitrogens with two attached hydrogens (primary N) is 1. The molecule has 0 fully saturated rings. The van der Waals surface area contributed by atoms with Gasteiger partial charge in [0.1, 0.15) is 11.8 Å². The van der Waals surface area contributed by atoms with E-state index in [1.807, 2.05) is 37.3 Å². The first-order valence-electron chi connectivity index (χ1n) is 9.95. The van der Waals surface area contributed by atoms with Gasteiger partial charge >= 0.3 is 6.09 Å². The fraction of sp³-hybridized carbons (Fsp3) is 0.304. The molecular formula is C23H26N4O3. The molecule has 1 heterocycles. The first kappa shape index (κ1) is 21.2. The van der Waals surface area contributed by atoms with Crippen molar-refractivity contribution in [1.82, 2.24) is 4.57 Å². The summed E-state index contributed by atoms with van der Waals surface area (Å²) in [6.45, 7) is 8.64. The van der Waals surface area contributed by atoms with Gasteiger partial charge in [0.25, 0.3) is 0 Å². The number of hydrogen-bond donors (Lipinski definition) is 1. The molecule has 2 N–H and O–H groups in total. The topological polar surface area (TPSA) is 93.5 Å². The first-order valence-corrected chi connectivity index (χ1v) is 9.95. The summed E-state index contributed by atoms with van der Waals surface area (Å²) in [6.07, 6.45) is -0.622. The Morgan fingerprint density at radius 1 is 1.17 bits per heavy atom. The lowest BCUT2D eigenvalue weighted by Crippen LogP contribution is -2.37. The highest BCUT2D eigenvalue weighted by molar-refractivity contribution is 5.96. The van der Waals surface area contributed by atoms with Crippen LogP contribution in [0.4, 0.5) is 10.5 Å². The smallest absolute Gasteiger partial charge is 0.428 e. The molecule has 2 aromatic carbocycles. The lowest BCUT2D eigenvalue weighted by atomic mass is 10.1. The van der Waals surface area contributed by atoms with Gasteiger partial charge in [0, 0.05) is 17.5 Å². The molecule has 0 aliphatic rings. The second-order valence-corrected chi connectivity index (χ2v) is 7.03. The van der Waals surface area contributed by atoms with Crippen molar-refractivity contribution in [2.75, 3.05) is 18.2 Å². The molecular weight excluding hydrogens is 380 g/mol. The Morgan fingerprint density at radius 2 is 1.87 bits per heavy atom. The Morgan fingerprint density at radius 3 is 2.43 bits per heavy atom. The summed E-state index contributed by atoms with van der Waals surface area (Å²) in [5.41, 5.74) is 3.72. The number of hydrazine groups is 1. The number of carbonyl (C=O) groups is 1. The summed E-state index contributed by atoms with van der Waals surface area (Å²) >= 11 is 0. The molecule has 7 nitrogen and oxygen atoms in total. The zero-order chi connectivity index (χ0) is 21.8. The number of rotatable bonds is 6. The predicted molar refractivity (Wildman–Crippen MR) is 117 cm³/mol. The Labute approximate surface area is 176 Å². The van der Waals surface area contributed by atoms with Crippen molar-refractivity contribution in [3.05, 3.63) is 48.0 Å². The van der Waals surface area contributed by atoms with Crippen molar-refractivity contribution in [2.24, 2.45) is 5.84 Å². The molecule has 30 heavy (non-hydrogen) atoms. The maximum atomic E-state index is 11.9.